The molecule has 2 nitrogen and oxygen atoms in total. The number of unbranched alkanes of at least 4 members (excludes halogenated alkanes) is 8. The third kappa shape index (κ3) is 13.1. The molecule has 2 aromatic carbocycles. The van der Waals surface area contributed by atoms with Gasteiger partial charge < -0.3 is 0 Å². The maximum atomic E-state index is 5.02. The van der Waals surface area contributed by atoms with Gasteiger partial charge in [-0.25, -0.2) is 4.99 Å². The number of aliphatic imine (C=N–C) groups is 2. The lowest BCUT2D eigenvalue weighted by Crippen LogP contribution is -1.98. The number of aryl methyl sites for hydroxylation is 4. The second kappa shape index (κ2) is 21.1. The fraction of sp³-hybridized carbons (Fsp3) is 0.579. The molecule has 0 spiro atoms. The topological polar surface area (TPSA) is 24.7 Å². The molecule has 0 saturated heterocycles. The lowest BCUT2D eigenvalue weighted by molar-refractivity contribution is 0.680. The quantitative estimate of drug-likeness (QED) is 0.0961. The van der Waals surface area contributed by atoms with Gasteiger partial charge in [-0.3, -0.25) is 4.99 Å². The van der Waals surface area contributed by atoms with Crippen molar-refractivity contribution in [3.8, 4) is 11.8 Å². The van der Waals surface area contributed by atoms with Gasteiger partial charge in [0, 0.05) is 6.42 Å². The van der Waals surface area contributed by atoms with Crippen LogP contribution in [0.3, 0.4) is 0 Å². The van der Waals surface area contributed by atoms with Crippen molar-refractivity contribution >= 4 is 23.3 Å². The van der Waals surface area contributed by atoms with Crippen molar-refractivity contribution in [2.45, 2.75) is 144 Å². The molecule has 0 aliphatic carbocycles. The highest BCUT2D eigenvalue weighted by Gasteiger charge is 2.06. The van der Waals surface area contributed by atoms with Crippen LogP contribution in [0.5, 0.6) is 0 Å². The molecule has 0 N–H and O–H groups in total. The van der Waals surface area contributed by atoms with Gasteiger partial charge in [0.05, 0.1) is 17.6 Å². The fourth-order valence-electron chi connectivity index (χ4n) is 4.95. The fourth-order valence-corrected chi connectivity index (χ4v) is 4.95. The van der Waals surface area contributed by atoms with E-state index in [2.05, 4.69) is 82.9 Å². The zero-order valence-electron chi connectivity index (χ0n) is 26.5. The Labute approximate surface area is 247 Å². The molecule has 0 radical (unpaired) electrons. The first-order valence-electron chi connectivity index (χ1n) is 16.5. The van der Waals surface area contributed by atoms with Crippen LogP contribution >= 0.6 is 0 Å². The maximum Gasteiger partial charge on any atom is 0.132 e. The Bertz CT molecular complexity index is 1100. The van der Waals surface area contributed by atoms with E-state index in [9.17, 15) is 0 Å². The molecule has 0 aromatic heterocycles. The minimum atomic E-state index is 0.753. The summed E-state index contributed by atoms with van der Waals surface area (Å²) in [5.41, 5.74) is 8.61. The summed E-state index contributed by atoms with van der Waals surface area (Å²) in [4.78, 5) is 9.91. The summed E-state index contributed by atoms with van der Waals surface area (Å²) in [5, 5.41) is 0. The minimum absolute atomic E-state index is 0.753. The van der Waals surface area contributed by atoms with Crippen LogP contribution in [-0.4, -0.2) is 11.9 Å². The average Bonchev–Trinajstić information content (AvgIpc) is 2.98. The van der Waals surface area contributed by atoms with Crippen LogP contribution in [0.25, 0.3) is 0 Å². The van der Waals surface area contributed by atoms with Gasteiger partial charge in [0.2, 0.25) is 0 Å². The van der Waals surface area contributed by atoms with Crippen molar-refractivity contribution < 1.29 is 0 Å². The molecule has 2 rings (SSSR count). The summed E-state index contributed by atoms with van der Waals surface area (Å²) >= 11 is 0. The first kappa shape index (κ1) is 33.5. The molecule has 0 saturated carbocycles. The number of hydrogen-bond donors (Lipinski definition) is 0. The standard InChI is InChI=1S/C38H56N2/c1-6-11-16-17-18-19-24-38(40-37-28-26-33(21-13-8-3)35(30-37)23-15-10-5)31-39-36-27-25-32(20-12-7-2)34(29-36)22-14-9-4/h25-31H,6-18,20-23H2,1-5H3. The van der Waals surface area contributed by atoms with E-state index in [1.807, 2.05) is 6.21 Å². The molecular weight excluding hydrogens is 484 g/mol. The van der Waals surface area contributed by atoms with E-state index >= 15 is 0 Å². The summed E-state index contributed by atoms with van der Waals surface area (Å²) in [7, 11) is 0. The molecule has 218 valence electrons. The smallest absolute Gasteiger partial charge is 0.132 e. The first-order valence-corrected chi connectivity index (χ1v) is 16.5. The largest absolute Gasteiger partial charge is 0.254 e. The van der Waals surface area contributed by atoms with Gasteiger partial charge >= 0.3 is 0 Å². The van der Waals surface area contributed by atoms with Crippen molar-refractivity contribution in [1.82, 2.24) is 0 Å². The Hall–Kier alpha value is -2.66. The zero-order valence-corrected chi connectivity index (χ0v) is 26.5. The Kier molecular flexibility index (Phi) is 17.7. The Morgan fingerprint density at radius 3 is 1.62 bits per heavy atom. The maximum absolute atomic E-state index is 5.02. The Morgan fingerprint density at radius 2 is 1.07 bits per heavy atom. The SMILES string of the molecule is CCCCCCC#CC(C=Nc1ccc(CCCC)c(CCCC)c1)=Nc1ccc(CCCC)c(CCCC)c1. The van der Waals surface area contributed by atoms with Crippen molar-refractivity contribution in [1.29, 1.82) is 0 Å². The Balaban J connectivity index is 2.37. The number of hydrogen-bond acceptors (Lipinski definition) is 2. The predicted molar refractivity (Wildman–Crippen MR) is 179 cm³/mol. The van der Waals surface area contributed by atoms with Gasteiger partial charge in [-0.05, 0) is 110 Å². The zero-order chi connectivity index (χ0) is 28.8. The van der Waals surface area contributed by atoms with Crippen molar-refractivity contribution in [3.05, 3.63) is 58.7 Å². The molecule has 0 fully saturated rings. The van der Waals surface area contributed by atoms with Gasteiger partial charge in [0.25, 0.3) is 0 Å². The molecule has 0 aliphatic heterocycles. The lowest BCUT2D eigenvalue weighted by Gasteiger charge is -2.10. The molecule has 0 heterocycles. The van der Waals surface area contributed by atoms with E-state index in [-0.39, 0.29) is 0 Å². The predicted octanol–water partition coefficient (Wildman–Crippen LogP) is 11.5. The van der Waals surface area contributed by atoms with E-state index in [1.165, 1.54) is 92.9 Å². The number of rotatable bonds is 19. The van der Waals surface area contributed by atoms with E-state index in [0.29, 0.717) is 0 Å². The summed E-state index contributed by atoms with van der Waals surface area (Å²) in [5.74, 6) is 6.75. The highest BCUT2D eigenvalue weighted by Crippen LogP contribution is 2.24. The van der Waals surface area contributed by atoms with Gasteiger partial charge in [-0.15, -0.1) is 0 Å². The van der Waals surface area contributed by atoms with Gasteiger partial charge in [0.15, 0.2) is 0 Å². The normalized spacial score (nSPS) is 11.7. The Morgan fingerprint density at radius 1 is 0.575 bits per heavy atom. The second-order valence-corrected chi connectivity index (χ2v) is 11.2. The molecule has 0 unspecified atom stereocenters. The third-order valence-corrected chi connectivity index (χ3v) is 7.54. The second-order valence-electron chi connectivity index (χ2n) is 11.2. The summed E-state index contributed by atoms with van der Waals surface area (Å²) in [6.07, 6.45) is 22.1. The van der Waals surface area contributed by atoms with Gasteiger partial charge in [-0.2, -0.15) is 0 Å². The van der Waals surface area contributed by atoms with Crippen LogP contribution in [-0.2, 0) is 25.7 Å². The van der Waals surface area contributed by atoms with E-state index in [1.54, 1.807) is 0 Å². The average molecular weight is 541 g/mol. The van der Waals surface area contributed by atoms with Gasteiger partial charge in [-0.1, -0.05) is 97.6 Å². The highest BCUT2D eigenvalue weighted by atomic mass is 14.8. The highest BCUT2D eigenvalue weighted by molar-refractivity contribution is 6.39. The van der Waals surface area contributed by atoms with Crippen molar-refractivity contribution in [2.24, 2.45) is 9.98 Å². The molecule has 0 atom stereocenters. The summed E-state index contributed by atoms with van der Waals surface area (Å²) in [6.45, 7) is 11.3. The number of nitrogens with zero attached hydrogens (tertiary/aromatic N) is 2. The van der Waals surface area contributed by atoms with Crippen molar-refractivity contribution in [3.63, 3.8) is 0 Å². The third-order valence-electron chi connectivity index (χ3n) is 7.54. The van der Waals surface area contributed by atoms with Crippen LogP contribution in [0.1, 0.15) is 140 Å². The first-order chi connectivity index (χ1) is 19.6. The monoisotopic (exact) mass is 540 g/mol. The van der Waals surface area contributed by atoms with Crippen LogP contribution < -0.4 is 0 Å². The van der Waals surface area contributed by atoms with Crippen molar-refractivity contribution in [2.75, 3.05) is 0 Å². The number of benzene rings is 2. The molecule has 0 bridgehead atoms. The minimum Gasteiger partial charge on any atom is -0.254 e. The van der Waals surface area contributed by atoms with Crippen LogP contribution in [0.4, 0.5) is 11.4 Å². The van der Waals surface area contributed by atoms with E-state index in [4.69, 9.17) is 9.98 Å². The summed E-state index contributed by atoms with van der Waals surface area (Å²) in [6, 6.07) is 13.5. The van der Waals surface area contributed by atoms with E-state index < -0.39 is 0 Å². The lowest BCUT2D eigenvalue weighted by atomic mass is 9.97. The van der Waals surface area contributed by atoms with Crippen LogP contribution in [0.15, 0.2) is 46.4 Å². The molecule has 0 amide bonds. The molecule has 2 aromatic rings. The van der Waals surface area contributed by atoms with E-state index in [0.717, 1.165) is 55.6 Å². The van der Waals surface area contributed by atoms with Gasteiger partial charge in [0.1, 0.15) is 5.71 Å². The summed E-state index contributed by atoms with van der Waals surface area (Å²) < 4.78 is 0. The molecule has 40 heavy (non-hydrogen) atoms. The molecule has 2 heteroatoms. The van der Waals surface area contributed by atoms with Crippen LogP contribution in [0.2, 0.25) is 0 Å². The molecular formula is C38H56N2. The molecule has 0 aliphatic rings. The van der Waals surface area contributed by atoms with Crippen LogP contribution in [0, 0.1) is 11.8 Å².